The van der Waals surface area contributed by atoms with Crippen LogP contribution in [0.5, 0.6) is 0 Å². The van der Waals surface area contributed by atoms with Crippen LogP contribution < -0.4 is 0 Å². The summed E-state index contributed by atoms with van der Waals surface area (Å²) < 4.78 is 4.48. The molecule has 0 aromatic carbocycles. The van der Waals surface area contributed by atoms with E-state index in [1.807, 2.05) is 6.08 Å². The van der Waals surface area contributed by atoms with E-state index in [0.717, 1.165) is 6.42 Å². The smallest absolute Gasteiger partial charge is 0.330 e. The van der Waals surface area contributed by atoms with Crippen LogP contribution in [0.1, 0.15) is 58.3 Å². The molecule has 0 heterocycles. The van der Waals surface area contributed by atoms with Crippen molar-refractivity contribution in [2.75, 3.05) is 7.11 Å². The fourth-order valence-corrected chi connectivity index (χ4v) is 1.60. The van der Waals surface area contributed by atoms with Crippen LogP contribution in [0.15, 0.2) is 24.3 Å². The van der Waals surface area contributed by atoms with Crippen LogP contribution >= 0.6 is 0 Å². The third-order valence-electron chi connectivity index (χ3n) is 2.66. The van der Waals surface area contributed by atoms with Crippen LogP contribution in [-0.2, 0) is 9.53 Å². The number of esters is 1. The molecular weight excluding hydrogens is 212 g/mol. The molecule has 0 saturated carbocycles. The topological polar surface area (TPSA) is 26.3 Å². The highest BCUT2D eigenvalue weighted by Crippen LogP contribution is 2.08. The van der Waals surface area contributed by atoms with E-state index in [4.69, 9.17) is 0 Å². The number of methoxy groups -OCH3 is 1. The Morgan fingerprint density at radius 2 is 1.65 bits per heavy atom. The lowest BCUT2D eigenvalue weighted by Crippen LogP contribution is -1.92. The van der Waals surface area contributed by atoms with Crippen molar-refractivity contribution in [3.63, 3.8) is 0 Å². The molecule has 0 saturated heterocycles. The average Bonchev–Trinajstić information content (AvgIpc) is 2.35. The lowest BCUT2D eigenvalue weighted by atomic mass is 10.1. The highest BCUT2D eigenvalue weighted by atomic mass is 16.5. The van der Waals surface area contributed by atoms with Crippen molar-refractivity contribution >= 4 is 5.97 Å². The van der Waals surface area contributed by atoms with Crippen molar-refractivity contribution in [1.29, 1.82) is 0 Å². The van der Waals surface area contributed by atoms with E-state index < -0.39 is 0 Å². The lowest BCUT2D eigenvalue weighted by molar-refractivity contribution is -0.134. The lowest BCUT2D eigenvalue weighted by Gasteiger charge is -1.98. The van der Waals surface area contributed by atoms with E-state index in [1.54, 1.807) is 6.08 Å². The molecule has 0 N–H and O–H groups in total. The maximum Gasteiger partial charge on any atom is 0.330 e. The van der Waals surface area contributed by atoms with E-state index in [-0.39, 0.29) is 5.97 Å². The van der Waals surface area contributed by atoms with Gasteiger partial charge in [-0.15, -0.1) is 0 Å². The molecule has 0 aliphatic heterocycles. The quantitative estimate of drug-likeness (QED) is 0.244. The zero-order valence-electron chi connectivity index (χ0n) is 11.3. The summed E-state index contributed by atoms with van der Waals surface area (Å²) in [5.41, 5.74) is 0. The van der Waals surface area contributed by atoms with E-state index in [0.29, 0.717) is 0 Å². The second-order valence-electron chi connectivity index (χ2n) is 4.22. The number of allylic oxidation sites excluding steroid dienone is 3. The van der Waals surface area contributed by atoms with Gasteiger partial charge in [0.05, 0.1) is 7.11 Å². The molecule has 0 aromatic heterocycles. The first-order valence-corrected chi connectivity index (χ1v) is 6.72. The van der Waals surface area contributed by atoms with Gasteiger partial charge in [-0.05, 0) is 12.8 Å². The van der Waals surface area contributed by atoms with Crippen molar-refractivity contribution in [2.45, 2.75) is 58.3 Å². The Morgan fingerprint density at radius 3 is 2.29 bits per heavy atom. The minimum atomic E-state index is -0.300. The predicted molar refractivity (Wildman–Crippen MR) is 72.9 cm³/mol. The van der Waals surface area contributed by atoms with Gasteiger partial charge in [-0.3, -0.25) is 0 Å². The molecule has 0 spiro atoms. The number of carbonyl (C=O) groups excluding carboxylic acids is 1. The van der Waals surface area contributed by atoms with Gasteiger partial charge in [0, 0.05) is 6.08 Å². The fourth-order valence-electron chi connectivity index (χ4n) is 1.60. The number of carbonyl (C=O) groups is 1. The van der Waals surface area contributed by atoms with Gasteiger partial charge in [-0.1, -0.05) is 63.7 Å². The van der Waals surface area contributed by atoms with Crippen LogP contribution in [-0.4, -0.2) is 13.1 Å². The molecule has 0 bridgehead atoms. The average molecular weight is 238 g/mol. The van der Waals surface area contributed by atoms with Crippen molar-refractivity contribution < 1.29 is 9.53 Å². The minimum absolute atomic E-state index is 0.300. The van der Waals surface area contributed by atoms with E-state index in [1.165, 1.54) is 58.1 Å². The summed E-state index contributed by atoms with van der Waals surface area (Å²) in [7, 11) is 1.38. The monoisotopic (exact) mass is 238 g/mol. The van der Waals surface area contributed by atoms with Gasteiger partial charge in [0.2, 0.25) is 0 Å². The number of ether oxygens (including phenoxy) is 1. The van der Waals surface area contributed by atoms with Crippen molar-refractivity contribution in [3.05, 3.63) is 24.3 Å². The summed E-state index contributed by atoms with van der Waals surface area (Å²) in [6, 6.07) is 0. The Balaban J connectivity index is 3.25. The van der Waals surface area contributed by atoms with Crippen LogP contribution in [0.2, 0.25) is 0 Å². The molecule has 0 aliphatic rings. The zero-order valence-corrected chi connectivity index (χ0v) is 11.3. The zero-order chi connectivity index (χ0) is 12.8. The molecule has 0 amide bonds. The Hall–Kier alpha value is -1.05. The van der Waals surface area contributed by atoms with Gasteiger partial charge in [-0.2, -0.15) is 0 Å². The van der Waals surface area contributed by atoms with Crippen molar-refractivity contribution in [1.82, 2.24) is 0 Å². The third kappa shape index (κ3) is 12.9. The molecule has 0 rings (SSSR count). The highest BCUT2D eigenvalue weighted by molar-refractivity contribution is 5.82. The van der Waals surface area contributed by atoms with E-state index in [9.17, 15) is 4.79 Å². The molecule has 0 atom stereocenters. The fraction of sp³-hybridized carbons (Fsp3) is 0.667. The molecule has 2 nitrogen and oxygen atoms in total. The van der Waals surface area contributed by atoms with Gasteiger partial charge in [0.1, 0.15) is 0 Å². The minimum Gasteiger partial charge on any atom is -0.466 e. The maximum atomic E-state index is 10.7. The van der Waals surface area contributed by atoms with Crippen LogP contribution in [0.4, 0.5) is 0 Å². The highest BCUT2D eigenvalue weighted by Gasteiger charge is 1.89. The molecule has 2 heteroatoms. The first kappa shape index (κ1) is 16.0. The molecule has 0 fully saturated rings. The summed E-state index contributed by atoms with van der Waals surface area (Å²) in [5.74, 6) is -0.300. The van der Waals surface area contributed by atoms with Gasteiger partial charge in [0.15, 0.2) is 0 Å². The third-order valence-corrected chi connectivity index (χ3v) is 2.66. The summed E-state index contributed by atoms with van der Waals surface area (Å²) in [5, 5.41) is 0. The first-order valence-electron chi connectivity index (χ1n) is 6.72. The number of hydrogen-bond donors (Lipinski definition) is 0. The summed E-state index contributed by atoms with van der Waals surface area (Å²) in [6.45, 7) is 2.24. The number of unbranched alkanes of at least 4 members (excludes halogenated alkanes) is 7. The first-order chi connectivity index (χ1) is 8.31. The normalized spacial score (nSPS) is 11.4. The molecule has 98 valence electrons. The Morgan fingerprint density at radius 1 is 1.00 bits per heavy atom. The van der Waals surface area contributed by atoms with Crippen molar-refractivity contribution in [3.8, 4) is 0 Å². The predicted octanol–water partition coefficient (Wildman–Crippen LogP) is 4.41. The van der Waals surface area contributed by atoms with E-state index in [2.05, 4.69) is 17.7 Å². The molecule has 0 aliphatic carbocycles. The molecule has 17 heavy (non-hydrogen) atoms. The number of rotatable bonds is 10. The Kier molecular flexibility index (Phi) is 12.2. The molecule has 0 aromatic rings. The SMILES string of the molecule is CCCCCCCCCC=CC=CC(=O)OC. The molecular formula is C15H26O2. The van der Waals surface area contributed by atoms with Crippen LogP contribution in [0, 0.1) is 0 Å². The second-order valence-corrected chi connectivity index (χ2v) is 4.22. The van der Waals surface area contributed by atoms with Gasteiger partial charge >= 0.3 is 5.97 Å². The Labute approximate surface area is 106 Å². The maximum absolute atomic E-state index is 10.7. The summed E-state index contributed by atoms with van der Waals surface area (Å²) in [6.07, 6.45) is 17.6. The number of hydrogen-bond acceptors (Lipinski definition) is 2. The van der Waals surface area contributed by atoms with Crippen molar-refractivity contribution in [2.24, 2.45) is 0 Å². The van der Waals surface area contributed by atoms with E-state index >= 15 is 0 Å². The second kappa shape index (κ2) is 13.0. The molecule has 0 radical (unpaired) electrons. The Bertz CT molecular complexity index is 229. The van der Waals surface area contributed by atoms with Gasteiger partial charge < -0.3 is 4.74 Å². The molecule has 0 unspecified atom stereocenters. The van der Waals surface area contributed by atoms with Gasteiger partial charge in [-0.25, -0.2) is 4.79 Å². The van der Waals surface area contributed by atoms with Crippen LogP contribution in [0.25, 0.3) is 0 Å². The summed E-state index contributed by atoms with van der Waals surface area (Å²) in [4.78, 5) is 10.7. The summed E-state index contributed by atoms with van der Waals surface area (Å²) >= 11 is 0. The standard InChI is InChI=1S/C15H26O2/c1-3-4-5-6-7-8-9-10-11-12-13-14-15(16)17-2/h11-14H,3-10H2,1-2H3. The largest absolute Gasteiger partial charge is 0.466 e. The van der Waals surface area contributed by atoms with Gasteiger partial charge in [0.25, 0.3) is 0 Å². The van der Waals surface area contributed by atoms with Crippen LogP contribution in [0.3, 0.4) is 0 Å².